The van der Waals surface area contributed by atoms with Gasteiger partial charge in [-0.3, -0.25) is 13.7 Å². The summed E-state index contributed by atoms with van der Waals surface area (Å²) in [6.07, 6.45) is -2.45. The van der Waals surface area contributed by atoms with Crippen molar-refractivity contribution in [3.63, 3.8) is 0 Å². The molecule has 2 heterocycles. The summed E-state index contributed by atoms with van der Waals surface area (Å²) in [5, 5.41) is 28.7. The lowest BCUT2D eigenvalue weighted by molar-refractivity contribution is -0.130. The maximum absolute atomic E-state index is 11.3. The number of hydrogen-bond donors (Lipinski definition) is 6. The predicted octanol–water partition coefficient (Wildman–Crippen LogP) is -3.30. The molecule has 17 heteroatoms. The first-order valence-electron chi connectivity index (χ1n) is 6.86. The number of rotatable bonds is 8. The maximum atomic E-state index is 11.3. The van der Waals surface area contributed by atoms with E-state index in [2.05, 4.69) is 15.0 Å². The quantitative estimate of drug-likeness (QED) is 0.225. The molecule has 0 bridgehead atoms. The Balaban J connectivity index is 2.56. The van der Waals surface area contributed by atoms with E-state index in [0.717, 1.165) is 17.2 Å². The molecule has 0 saturated carbocycles. The van der Waals surface area contributed by atoms with Crippen LogP contribution in [-0.4, -0.2) is 84.4 Å². The molecular formula is C10H15N5O10S2. The van der Waals surface area contributed by atoms with Crippen molar-refractivity contribution in [1.82, 2.24) is 19.5 Å². The third-order valence-electron chi connectivity index (χ3n) is 3.33. The van der Waals surface area contributed by atoms with Crippen LogP contribution < -0.4 is 5.73 Å². The number of nitrogens with zero attached hydrogens (tertiary/aromatic N) is 4. The third kappa shape index (κ3) is 4.47. The van der Waals surface area contributed by atoms with Gasteiger partial charge < -0.3 is 25.8 Å². The monoisotopic (exact) mass is 429 g/mol. The SMILES string of the molecule is Nc1ncnc2c1ncn2C(OC(CO)C(O)S(=O)(=O)O)C(O)S(=O)(=O)O. The zero-order valence-corrected chi connectivity index (χ0v) is 14.8. The molecule has 7 N–H and O–H groups in total. The van der Waals surface area contributed by atoms with Crippen molar-refractivity contribution in [2.75, 3.05) is 12.3 Å². The Hall–Kier alpha value is -1.99. The standard InChI is InChI=1S/C10H15N5O10S2/c11-6-5-7(13-2-12-6)15(3-14-5)8(10(18)27(22,23)24)25-4(1-16)9(17)26(19,20)21/h2-4,8-10,16-18H,1H2,(H2,11,12,13)(H,19,20,21)(H,22,23,24). The van der Waals surface area contributed by atoms with Gasteiger partial charge in [-0.15, -0.1) is 0 Å². The molecule has 2 rings (SSSR count). The molecule has 2 aromatic rings. The predicted molar refractivity (Wildman–Crippen MR) is 85.8 cm³/mol. The summed E-state index contributed by atoms with van der Waals surface area (Å²) in [6.45, 7) is -1.22. The number of anilines is 1. The summed E-state index contributed by atoms with van der Waals surface area (Å²) >= 11 is 0. The third-order valence-corrected chi connectivity index (χ3v) is 5.08. The van der Waals surface area contributed by atoms with Gasteiger partial charge in [-0.1, -0.05) is 0 Å². The Morgan fingerprint density at radius 1 is 1.07 bits per heavy atom. The Morgan fingerprint density at radius 3 is 2.19 bits per heavy atom. The first kappa shape index (κ1) is 21.3. The fraction of sp³-hybridized carbons (Fsp3) is 0.500. The minimum absolute atomic E-state index is 0.0514. The molecule has 0 fully saturated rings. The van der Waals surface area contributed by atoms with Gasteiger partial charge in [0.25, 0.3) is 20.2 Å². The van der Waals surface area contributed by atoms with E-state index in [0.29, 0.717) is 0 Å². The van der Waals surface area contributed by atoms with Gasteiger partial charge in [-0.05, 0) is 0 Å². The van der Waals surface area contributed by atoms with Crippen LogP contribution in [0.5, 0.6) is 0 Å². The molecule has 152 valence electrons. The molecule has 0 aliphatic heterocycles. The molecule has 4 unspecified atom stereocenters. The van der Waals surface area contributed by atoms with Crippen LogP contribution in [0.1, 0.15) is 6.23 Å². The number of aromatic nitrogens is 4. The molecule has 0 aliphatic rings. The van der Waals surface area contributed by atoms with E-state index in [-0.39, 0.29) is 17.0 Å². The van der Waals surface area contributed by atoms with Crippen molar-refractivity contribution in [2.24, 2.45) is 0 Å². The number of nitrogen functional groups attached to an aromatic ring is 1. The molecule has 0 saturated heterocycles. The molecule has 4 atom stereocenters. The molecule has 15 nitrogen and oxygen atoms in total. The second kappa shape index (κ2) is 7.56. The highest BCUT2D eigenvalue weighted by molar-refractivity contribution is 7.86. The maximum Gasteiger partial charge on any atom is 0.296 e. The minimum atomic E-state index is -5.19. The van der Waals surface area contributed by atoms with E-state index in [1.807, 2.05) is 0 Å². The van der Waals surface area contributed by atoms with Gasteiger partial charge in [0.2, 0.25) is 10.9 Å². The van der Waals surface area contributed by atoms with E-state index in [9.17, 15) is 32.2 Å². The van der Waals surface area contributed by atoms with Crippen molar-refractivity contribution < 1.29 is 46.0 Å². The van der Waals surface area contributed by atoms with Crippen molar-refractivity contribution >= 4 is 37.2 Å². The van der Waals surface area contributed by atoms with Gasteiger partial charge >= 0.3 is 0 Å². The van der Waals surface area contributed by atoms with Gasteiger partial charge in [0.1, 0.15) is 17.9 Å². The highest BCUT2D eigenvalue weighted by Gasteiger charge is 2.40. The van der Waals surface area contributed by atoms with Gasteiger partial charge in [0, 0.05) is 0 Å². The topological polar surface area (TPSA) is 248 Å². The first-order chi connectivity index (χ1) is 12.4. The van der Waals surface area contributed by atoms with Crippen LogP contribution in [0.2, 0.25) is 0 Å². The van der Waals surface area contributed by atoms with Gasteiger partial charge in [-0.25, -0.2) is 15.0 Å². The number of imidazole rings is 1. The largest absolute Gasteiger partial charge is 0.394 e. The molecule has 0 spiro atoms. The van der Waals surface area contributed by atoms with Crippen LogP contribution in [-0.2, 0) is 25.0 Å². The lowest BCUT2D eigenvalue weighted by Gasteiger charge is -2.28. The van der Waals surface area contributed by atoms with Crippen molar-refractivity contribution in [2.45, 2.75) is 23.2 Å². The number of fused-ring (bicyclic) bond motifs is 1. The zero-order chi connectivity index (χ0) is 20.6. The number of ether oxygens (including phenoxy) is 1. The van der Waals surface area contributed by atoms with Crippen molar-refractivity contribution in [3.05, 3.63) is 12.7 Å². The summed E-state index contributed by atoms with van der Waals surface area (Å²) < 4.78 is 68.5. The van der Waals surface area contributed by atoms with E-state index in [4.69, 9.17) is 19.6 Å². The van der Waals surface area contributed by atoms with E-state index < -0.39 is 50.0 Å². The lowest BCUT2D eigenvalue weighted by atomic mass is 10.4. The summed E-state index contributed by atoms with van der Waals surface area (Å²) in [5.41, 5.74) is -0.0930. The molecular weight excluding hydrogens is 414 g/mol. The first-order valence-corrected chi connectivity index (χ1v) is 9.86. The Bertz CT molecular complexity index is 1020. The van der Waals surface area contributed by atoms with E-state index in [1.54, 1.807) is 0 Å². The smallest absolute Gasteiger partial charge is 0.296 e. The van der Waals surface area contributed by atoms with Crippen molar-refractivity contribution in [3.8, 4) is 0 Å². The van der Waals surface area contributed by atoms with Gasteiger partial charge in [-0.2, -0.15) is 16.8 Å². The summed E-state index contributed by atoms with van der Waals surface area (Å²) in [6, 6.07) is 0. The second-order valence-electron chi connectivity index (χ2n) is 5.14. The minimum Gasteiger partial charge on any atom is -0.394 e. The van der Waals surface area contributed by atoms with Crippen LogP contribution in [0.4, 0.5) is 5.82 Å². The van der Waals surface area contributed by atoms with E-state index >= 15 is 0 Å². The molecule has 0 amide bonds. The Labute approximate surface area is 151 Å². The normalized spacial score (nSPS) is 17.5. The van der Waals surface area contributed by atoms with Crippen LogP contribution >= 0.6 is 0 Å². The summed E-state index contributed by atoms with van der Waals surface area (Å²) in [7, 11) is -10.3. The number of hydrogen-bond acceptors (Lipinski definition) is 12. The zero-order valence-electron chi connectivity index (χ0n) is 13.1. The second-order valence-corrected chi connectivity index (χ2v) is 8.17. The highest BCUT2D eigenvalue weighted by atomic mass is 32.2. The average Bonchev–Trinajstić information content (AvgIpc) is 2.98. The fourth-order valence-electron chi connectivity index (χ4n) is 2.04. The van der Waals surface area contributed by atoms with E-state index in [1.165, 1.54) is 0 Å². The Kier molecular flexibility index (Phi) is 5.97. The van der Waals surface area contributed by atoms with Crippen LogP contribution in [0.25, 0.3) is 11.2 Å². The highest BCUT2D eigenvalue weighted by Crippen LogP contribution is 2.26. The lowest BCUT2D eigenvalue weighted by Crippen LogP contribution is -2.43. The summed E-state index contributed by atoms with van der Waals surface area (Å²) in [4.78, 5) is 11.2. The van der Waals surface area contributed by atoms with Crippen LogP contribution in [0.3, 0.4) is 0 Å². The number of aliphatic hydroxyl groups excluding tert-OH is 3. The number of nitrogens with two attached hydrogens (primary N) is 1. The molecule has 2 aromatic heterocycles. The van der Waals surface area contributed by atoms with Crippen molar-refractivity contribution in [1.29, 1.82) is 0 Å². The van der Waals surface area contributed by atoms with Gasteiger partial charge in [0.05, 0.1) is 12.9 Å². The Morgan fingerprint density at radius 2 is 1.67 bits per heavy atom. The number of aliphatic hydroxyl groups is 3. The van der Waals surface area contributed by atoms with Crippen LogP contribution in [0, 0.1) is 0 Å². The van der Waals surface area contributed by atoms with Crippen LogP contribution in [0.15, 0.2) is 12.7 Å². The molecule has 0 aromatic carbocycles. The molecule has 27 heavy (non-hydrogen) atoms. The summed E-state index contributed by atoms with van der Waals surface area (Å²) in [5.74, 6) is -0.129. The van der Waals surface area contributed by atoms with Gasteiger partial charge in [0.15, 0.2) is 17.7 Å². The average molecular weight is 429 g/mol. The molecule has 0 radical (unpaired) electrons. The molecule has 0 aliphatic carbocycles. The fourth-order valence-corrected chi connectivity index (χ4v) is 3.07.